The van der Waals surface area contributed by atoms with Crippen LogP contribution in [0, 0.1) is 5.82 Å². The number of carbonyl (C=O) groups excluding carboxylic acids is 2. The number of nitrogens with one attached hydrogen (secondary N) is 1. The van der Waals surface area contributed by atoms with Crippen LogP contribution in [0.1, 0.15) is 19.3 Å². The molecule has 26 heavy (non-hydrogen) atoms. The molecule has 3 N–H and O–H groups in total. The van der Waals surface area contributed by atoms with Gasteiger partial charge in [-0.15, -0.1) is 10.2 Å². The van der Waals surface area contributed by atoms with Crippen LogP contribution in [0.25, 0.3) is 0 Å². The normalized spacial score (nSPS) is 17.1. The number of anilines is 2. The highest BCUT2D eigenvalue weighted by Crippen LogP contribution is 2.29. The van der Waals surface area contributed by atoms with E-state index in [9.17, 15) is 14.0 Å². The second-order valence-corrected chi connectivity index (χ2v) is 7.97. The van der Waals surface area contributed by atoms with Gasteiger partial charge < -0.3 is 16.0 Å². The third kappa shape index (κ3) is 4.50. The summed E-state index contributed by atoms with van der Waals surface area (Å²) in [5, 5.41) is 11.3. The molecule has 3 rings (SSSR count). The Labute approximate surface area is 158 Å². The van der Waals surface area contributed by atoms with Crippen LogP contribution in [0.2, 0.25) is 0 Å². The van der Waals surface area contributed by atoms with Crippen LogP contribution in [0.15, 0.2) is 28.6 Å². The van der Waals surface area contributed by atoms with Crippen molar-refractivity contribution in [1.82, 2.24) is 15.1 Å². The molecule has 1 saturated heterocycles. The van der Waals surface area contributed by atoms with Crippen LogP contribution in [0.4, 0.5) is 15.2 Å². The fourth-order valence-corrected chi connectivity index (χ4v) is 4.38. The van der Waals surface area contributed by atoms with E-state index in [0.717, 1.165) is 12.8 Å². The molecule has 1 aromatic heterocycles. The van der Waals surface area contributed by atoms with Crippen molar-refractivity contribution in [3.05, 3.63) is 30.1 Å². The maximum absolute atomic E-state index is 13.6. The lowest BCUT2D eigenvalue weighted by Gasteiger charge is -2.33. The number of hydrogen-bond donors (Lipinski definition) is 2. The van der Waals surface area contributed by atoms with Gasteiger partial charge in [-0.2, -0.15) is 0 Å². The number of aromatic nitrogens is 2. The summed E-state index contributed by atoms with van der Waals surface area (Å²) in [6, 6.07) is 5.76. The predicted molar refractivity (Wildman–Crippen MR) is 98.9 cm³/mol. The average Bonchev–Trinajstić information content (AvgIpc) is 3.09. The lowest BCUT2D eigenvalue weighted by Crippen LogP contribution is -2.51. The highest BCUT2D eigenvalue weighted by molar-refractivity contribution is 8.01. The van der Waals surface area contributed by atoms with Gasteiger partial charge in [-0.3, -0.25) is 9.59 Å². The largest absolute Gasteiger partial charge is 0.368 e. The molecule has 2 heterocycles. The summed E-state index contributed by atoms with van der Waals surface area (Å²) in [5.74, 6) is -0.833. The second kappa shape index (κ2) is 8.45. The standard InChI is InChI=1S/C16H18FN5O2S2/c17-10-5-1-2-6-11(10)19-15-20-21-16(26-15)25-9-13(23)22-8-4-3-7-12(22)14(18)24/h1-2,5-6,12H,3-4,7-9H2,(H2,18,24)(H,19,20). The van der Waals surface area contributed by atoms with Gasteiger partial charge in [0.05, 0.1) is 11.4 Å². The Morgan fingerprint density at radius 3 is 2.92 bits per heavy atom. The molecule has 1 unspecified atom stereocenters. The van der Waals surface area contributed by atoms with Gasteiger partial charge in [-0.25, -0.2) is 4.39 Å². The molecule has 1 aliphatic rings. The lowest BCUT2D eigenvalue weighted by atomic mass is 10.0. The van der Waals surface area contributed by atoms with E-state index in [1.54, 1.807) is 23.1 Å². The van der Waals surface area contributed by atoms with Crippen molar-refractivity contribution in [3.63, 3.8) is 0 Å². The molecule has 0 spiro atoms. The third-order valence-corrected chi connectivity index (χ3v) is 5.95. The van der Waals surface area contributed by atoms with Gasteiger partial charge in [0, 0.05) is 6.54 Å². The summed E-state index contributed by atoms with van der Waals surface area (Å²) >= 11 is 2.47. The number of halogens is 1. The van der Waals surface area contributed by atoms with E-state index in [4.69, 9.17) is 5.73 Å². The number of nitrogens with two attached hydrogens (primary N) is 1. The molecule has 2 aromatic rings. The maximum atomic E-state index is 13.6. The fraction of sp³-hybridized carbons (Fsp3) is 0.375. The Hall–Kier alpha value is -2.20. The average molecular weight is 395 g/mol. The number of benzene rings is 1. The van der Waals surface area contributed by atoms with Crippen molar-refractivity contribution in [2.75, 3.05) is 17.6 Å². The van der Waals surface area contributed by atoms with Crippen molar-refractivity contribution in [3.8, 4) is 0 Å². The maximum Gasteiger partial charge on any atom is 0.240 e. The zero-order chi connectivity index (χ0) is 18.5. The zero-order valence-electron chi connectivity index (χ0n) is 13.9. The van der Waals surface area contributed by atoms with Gasteiger partial charge in [0.1, 0.15) is 11.9 Å². The van der Waals surface area contributed by atoms with E-state index < -0.39 is 11.9 Å². The zero-order valence-corrected chi connectivity index (χ0v) is 15.5. The summed E-state index contributed by atoms with van der Waals surface area (Å²) < 4.78 is 14.2. The Bertz CT molecular complexity index is 800. The van der Waals surface area contributed by atoms with Gasteiger partial charge in [0.2, 0.25) is 16.9 Å². The SMILES string of the molecule is NC(=O)C1CCCCN1C(=O)CSc1nnc(Nc2ccccc2F)s1. The molecule has 0 bridgehead atoms. The Morgan fingerprint density at radius 1 is 1.35 bits per heavy atom. The van der Waals surface area contributed by atoms with Crippen LogP contribution < -0.4 is 11.1 Å². The summed E-state index contributed by atoms with van der Waals surface area (Å²) in [5.41, 5.74) is 5.71. The van der Waals surface area contributed by atoms with Crippen molar-refractivity contribution in [2.24, 2.45) is 5.73 Å². The molecule has 138 valence electrons. The molecular weight excluding hydrogens is 377 g/mol. The first kappa shape index (κ1) is 18.6. The van der Waals surface area contributed by atoms with Crippen LogP contribution >= 0.6 is 23.1 Å². The Morgan fingerprint density at radius 2 is 2.15 bits per heavy atom. The second-order valence-electron chi connectivity index (χ2n) is 5.77. The molecule has 1 fully saturated rings. The number of piperidine rings is 1. The Balaban J connectivity index is 1.57. The van der Waals surface area contributed by atoms with E-state index in [1.165, 1.54) is 29.2 Å². The topological polar surface area (TPSA) is 101 Å². The van der Waals surface area contributed by atoms with E-state index in [1.807, 2.05) is 0 Å². The number of amides is 2. The van der Waals surface area contributed by atoms with Gasteiger partial charge in [-0.05, 0) is 31.4 Å². The van der Waals surface area contributed by atoms with Crippen LogP contribution in [0.3, 0.4) is 0 Å². The first-order valence-electron chi connectivity index (χ1n) is 8.11. The number of rotatable bonds is 6. The highest BCUT2D eigenvalue weighted by Gasteiger charge is 2.30. The van der Waals surface area contributed by atoms with Gasteiger partial charge in [-0.1, -0.05) is 35.2 Å². The van der Waals surface area contributed by atoms with Crippen molar-refractivity contribution >= 4 is 45.7 Å². The molecule has 1 aliphatic heterocycles. The summed E-state index contributed by atoms with van der Waals surface area (Å²) in [4.78, 5) is 25.5. The van der Waals surface area contributed by atoms with Crippen molar-refractivity contribution in [1.29, 1.82) is 0 Å². The third-order valence-electron chi connectivity index (χ3n) is 3.99. The van der Waals surface area contributed by atoms with E-state index in [0.29, 0.717) is 28.1 Å². The highest BCUT2D eigenvalue weighted by atomic mass is 32.2. The van der Waals surface area contributed by atoms with Crippen LogP contribution in [0.5, 0.6) is 0 Å². The molecule has 0 saturated carbocycles. The first-order chi connectivity index (χ1) is 12.5. The van der Waals surface area contributed by atoms with Crippen LogP contribution in [-0.4, -0.2) is 45.3 Å². The van der Waals surface area contributed by atoms with E-state index in [2.05, 4.69) is 15.5 Å². The lowest BCUT2D eigenvalue weighted by molar-refractivity contribution is -0.138. The molecule has 10 heteroatoms. The summed E-state index contributed by atoms with van der Waals surface area (Å²) in [7, 11) is 0. The minimum Gasteiger partial charge on any atom is -0.368 e. The van der Waals surface area contributed by atoms with Crippen molar-refractivity contribution < 1.29 is 14.0 Å². The van der Waals surface area contributed by atoms with Gasteiger partial charge in [0.25, 0.3) is 0 Å². The quantitative estimate of drug-likeness (QED) is 0.728. The summed E-state index contributed by atoms with van der Waals surface area (Å²) in [6.07, 6.45) is 2.38. The predicted octanol–water partition coefficient (Wildman–Crippen LogP) is 2.38. The molecule has 1 aromatic carbocycles. The molecule has 1 atom stereocenters. The smallest absolute Gasteiger partial charge is 0.240 e. The van der Waals surface area contributed by atoms with E-state index in [-0.39, 0.29) is 17.5 Å². The van der Waals surface area contributed by atoms with Crippen LogP contribution in [-0.2, 0) is 9.59 Å². The fourth-order valence-electron chi connectivity index (χ4n) is 2.73. The number of thioether (sulfide) groups is 1. The number of carbonyl (C=O) groups is 2. The number of para-hydroxylation sites is 1. The molecular formula is C16H18FN5O2S2. The monoisotopic (exact) mass is 395 g/mol. The minimum absolute atomic E-state index is 0.141. The summed E-state index contributed by atoms with van der Waals surface area (Å²) in [6.45, 7) is 0.545. The number of nitrogens with zero attached hydrogens (tertiary/aromatic N) is 3. The number of likely N-dealkylation sites (tertiary alicyclic amines) is 1. The molecule has 0 radical (unpaired) electrons. The molecule has 2 amide bonds. The minimum atomic E-state index is -0.524. The first-order valence-corrected chi connectivity index (χ1v) is 9.91. The number of hydrogen-bond acceptors (Lipinski definition) is 7. The number of primary amides is 1. The Kier molecular flexibility index (Phi) is 6.04. The van der Waals surface area contributed by atoms with Gasteiger partial charge in [0.15, 0.2) is 4.34 Å². The van der Waals surface area contributed by atoms with E-state index >= 15 is 0 Å². The molecule has 7 nitrogen and oxygen atoms in total. The van der Waals surface area contributed by atoms with Gasteiger partial charge >= 0.3 is 0 Å². The molecule has 0 aliphatic carbocycles. The van der Waals surface area contributed by atoms with Crippen molar-refractivity contribution in [2.45, 2.75) is 29.6 Å².